The predicted octanol–water partition coefficient (Wildman–Crippen LogP) is 1.89. The van der Waals surface area contributed by atoms with Crippen LogP contribution in [0.1, 0.15) is 0 Å². The molecule has 1 fully saturated rings. The number of anilines is 1. The standard InChI is InChI=1S/C11H12ClN3O3S/c12-8-2-1-7(15(17)18)5-9(8)14-11(16)10-6-19-4-3-13-10/h1-2,5,10,13H,3-4,6H2,(H,14,16). The Labute approximate surface area is 119 Å². The van der Waals surface area contributed by atoms with Crippen LogP contribution in [0.15, 0.2) is 18.2 Å². The molecule has 0 radical (unpaired) electrons. The molecule has 0 aromatic heterocycles. The topological polar surface area (TPSA) is 84.3 Å². The number of carbonyl (C=O) groups excluding carboxylic acids is 1. The second kappa shape index (κ2) is 6.23. The first kappa shape index (κ1) is 14.1. The summed E-state index contributed by atoms with van der Waals surface area (Å²) in [7, 11) is 0. The second-order valence-electron chi connectivity index (χ2n) is 3.99. The lowest BCUT2D eigenvalue weighted by molar-refractivity contribution is -0.384. The maximum absolute atomic E-state index is 12.0. The molecule has 19 heavy (non-hydrogen) atoms. The molecular weight excluding hydrogens is 290 g/mol. The van der Waals surface area contributed by atoms with E-state index in [2.05, 4.69) is 10.6 Å². The van der Waals surface area contributed by atoms with Crippen molar-refractivity contribution in [2.75, 3.05) is 23.4 Å². The van der Waals surface area contributed by atoms with Crippen molar-refractivity contribution in [3.8, 4) is 0 Å². The minimum absolute atomic E-state index is 0.106. The molecule has 8 heteroatoms. The minimum Gasteiger partial charge on any atom is -0.323 e. The Morgan fingerprint density at radius 1 is 1.58 bits per heavy atom. The summed E-state index contributed by atoms with van der Waals surface area (Å²) >= 11 is 7.61. The number of rotatable bonds is 3. The summed E-state index contributed by atoms with van der Waals surface area (Å²) in [6.45, 7) is 0.769. The molecule has 1 aliphatic rings. The third-order valence-corrected chi connectivity index (χ3v) is 4.05. The van der Waals surface area contributed by atoms with E-state index in [1.54, 1.807) is 11.8 Å². The van der Waals surface area contributed by atoms with Gasteiger partial charge in [0.15, 0.2) is 0 Å². The van der Waals surface area contributed by atoms with Gasteiger partial charge in [0.2, 0.25) is 5.91 Å². The molecule has 0 aliphatic carbocycles. The van der Waals surface area contributed by atoms with Crippen molar-refractivity contribution in [1.82, 2.24) is 5.32 Å². The zero-order chi connectivity index (χ0) is 13.8. The number of hydrogen-bond acceptors (Lipinski definition) is 5. The van der Waals surface area contributed by atoms with Crippen molar-refractivity contribution in [2.45, 2.75) is 6.04 Å². The van der Waals surface area contributed by atoms with Crippen LogP contribution < -0.4 is 10.6 Å². The van der Waals surface area contributed by atoms with E-state index in [-0.39, 0.29) is 28.3 Å². The summed E-state index contributed by atoms with van der Waals surface area (Å²) in [6, 6.07) is 3.66. The van der Waals surface area contributed by atoms with Gasteiger partial charge in [0, 0.05) is 30.2 Å². The highest BCUT2D eigenvalue weighted by Crippen LogP contribution is 2.27. The summed E-state index contributed by atoms with van der Waals surface area (Å²) in [6.07, 6.45) is 0. The average molecular weight is 302 g/mol. The molecule has 1 amide bonds. The van der Waals surface area contributed by atoms with Crippen LogP contribution in [0, 0.1) is 10.1 Å². The van der Waals surface area contributed by atoms with Gasteiger partial charge in [0.25, 0.3) is 5.69 Å². The third-order valence-electron chi connectivity index (χ3n) is 2.66. The van der Waals surface area contributed by atoms with Crippen LogP contribution in [0.4, 0.5) is 11.4 Å². The first-order valence-corrected chi connectivity index (χ1v) is 7.17. The number of amides is 1. The summed E-state index contributed by atoms with van der Waals surface area (Å²) in [5, 5.41) is 16.7. The minimum atomic E-state index is -0.527. The Morgan fingerprint density at radius 3 is 3.00 bits per heavy atom. The molecule has 0 bridgehead atoms. The molecule has 1 unspecified atom stereocenters. The van der Waals surface area contributed by atoms with Gasteiger partial charge < -0.3 is 10.6 Å². The highest BCUT2D eigenvalue weighted by atomic mass is 35.5. The molecular formula is C11H12ClN3O3S. The van der Waals surface area contributed by atoms with Gasteiger partial charge in [0.05, 0.1) is 21.7 Å². The van der Waals surface area contributed by atoms with E-state index >= 15 is 0 Å². The van der Waals surface area contributed by atoms with Crippen LogP contribution in [0.25, 0.3) is 0 Å². The zero-order valence-electron chi connectivity index (χ0n) is 9.89. The first-order chi connectivity index (χ1) is 9.08. The lowest BCUT2D eigenvalue weighted by Gasteiger charge is -2.22. The van der Waals surface area contributed by atoms with E-state index in [4.69, 9.17) is 11.6 Å². The number of nitrogens with one attached hydrogen (secondary N) is 2. The number of carbonyl (C=O) groups is 1. The fraction of sp³-hybridized carbons (Fsp3) is 0.364. The molecule has 6 nitrogen and oxygen atoms in total. The van der Waals surface area contributed by atoms with Crippen LogP contribution >= 0.6 is 23.4 Å². The Balaban J connectivity index is 2.11. The van der Waals surface area contributed by atoms with Crippen LogP contribution in [0.2, 0.25) is 5.02 Å². The summed E-state index contributed by atoms with van der Waals surface area (Å²) in [5.41, 5.74) is 0.156. The van der Waals surface area contributed by atoms with Crippen molar-refractivity contribution < 1.29 is 9.72 Å². The number of hydrogen-bond donors (Lipinski definition) is 2. The Bertz CT molecular complexity index is 506. The molecule has 0 spiro atoms. The van der Waals surface area contributed by atoms with E-state index in [1.165, 1.54) is 18.2 Å². The number of nitrogens with zero attached hydrogens (tertiary/aromatic N) is 1. The number of thioether (sulfide) groups is 1. The van der Waals surface area contributed by atoms with E-state index in [1.807, 2.05) is 0 Å². The molecule has 1 saturated heterocycles. The van der Waals surface area contributed by atoms with Crippen molar-refractivity contribution in [3.63, 3.8) is 0 Å². The summed E-state index contributed by atoms with van der Waals surface area (Å²) < 4.78 is 0. The number of nitro benzene ring substituents is 1. The van der Waals surface area contributed by atoms with Crippen molar-refractivity contribution >= 4 is 40.6 Å². The van der Waals surface area contributed by atoms with Crippen LogP contribution in [-0.4, -0.2) is 34.9 Å². The largest absolute Gasteiger partial charge is 0.323 e. The number of non-ortho nitro benzene ring substituents is 1. The molecule has 102 valence electrons. The van der Waals surface area contributed by atoms with Crippen LogP contribution in [0.5, 0.6) is 0 Å². The average Bonchev–Trinajstić information content (AvgIpc) is 2.42. The van der Waals surface area contributed by atoms with E-state index in [0.717, 1.165) is 12.3 Å². The Hall–Kier alpha value is -1.31. The molecule has 0 saturated carbocycles. The van der Waals surface area contributed by atoms with Crippen molar-refractivity contribution in [1.29, 1.82) is 0 Å². The predicted molar refractivity (Wildman–Crippen MR) is 75.9 cm³/mol. The van der Waals surface area contributed by atoms with Crippen LogP contribution in [0.3, 0.4) is 0 Å². The van der Waals surface area contributed by atoms with Gasteiger partial charge in [-0.15, -0.1) is 0 Å². The highest BCUT2D eigenvalue weighted by Gasteiger charge is 2.22. The lowest BCUT2D eigenvalue weighted by Crippen LogP contribution is -2.46. The third kappa shape index (κ3) is 3.59. The number of benzene rings is 1. The van der Waals surface area contributed by atoms with Gasteiger partial charge in [-0.1, -0.05) is 11.6 Å². The van der Waals surface area contributed by atoms with Gasteiger partial charge >= 0.3 is 0 Å². The Kier molecular flexibility index (Phi) is 4.62. The van der Waals surface area contributed by atoms with Gasteiger partial charge in [-0.05, 0) is 6.07 Å². The summed E-state index contributed by atoms with van der Waals surface area (Å²) in [4.78, 5) is 22.1. The maximum Gasteiger partial charge on any atom is 0.271 e. The molecule has 1 aromatic rings. The Morgan fingerprint density at radius 2 is 2.37 bits per heavy atom. The normalized spacial score (nSPS) is 18.9. The quantitative estimate of drug-likeness (QED) is 0.658. The van der Waals surface area contributed by atoms with Crippen LogP contribution in [-0.2, 0) is 4.79 Å². The van der Waals surface area contributed by atoms with Gasteiger partial charge in [-0.3, -0.25) is 14.9 Å². The smallest absolute Gasteiger partial charge is 0.271 e. The van der Waals surface area contributed by atoms with Gasteiger partial charge in [0.1, 0.15) is 0 Å². The molecule has 1 aliphatic heterocycles. The van der Waals surface area contributed by atoms with Crippen molar-refractivity contribution in [2.24, 2.45) is 0 Å². The maximum atomic E-state index is 12.0. The lowest BCUT2D eigenvalue weighted by atomic mass is 10.2. The SMILES string of the molecule is O=C(Nc1cc([N+](=O)[O-])ccc1Cl)C1CSCCN1. The molecule has 1 heterocycles. The van der Waals surface area contributed by atoms with E-state index in [9.17, 15) is 14.9 Å². The molecule has 1 atom stereocenters. The van der Waals surface area contributed by atoms with Crippen molar-refractivity contribution in [3.05, 3.63) is 33.3 Å². The fourth-order valence-corrected chi connectivity index (χ4v) is 2.77. The number of halogens is 1. The molecule has 1 aromatic carbocycles. The first-order valence-electron chi connectivity index (χ1n) is 5.64. The zero-order valence-corrected chi connectivity index (χ0v) is 11.5. The molecule has 2 rings (SSSR count). The fourth-order valence-electron chi connectivity index (χ4n) is 1.68. The number of nitro groups is 1. The summed E-state index contributed by atoms with van der Waals surface area (Å²) in [5.74, 6) is 1.43. The van der Waals surface area contributed by atoms with E-state index < -0.39 is 4.92 Å². The van der Waals surface area contributed by atoms with Gasteiger partial charge in [-0.25, -0.2) is 0 Å². The highest BCUT2D eigenvalue weighted by molar-refractivity contribution is 7.99. The van der Waals surface area contributed by atoms with Gasteiger partial charge in [-0.2, -0.15) is 11.8 Å². The molecule has 2 N–H and O–H groups in total. The second-order valence-corrected chi connectivity index (χ2v) is 5.55. The van der Waals surface area contributed by atoms with E-state index in [0.29, 0.717) is 5.75 Å². The monoisotopic (exact) mass is 301 g/mol.